The fourth-order valence-electron chi connectivity index (χ4n) is 5.22. The molecule has 2 aromatic heterocycles. The number of hydrogen-bond acceptors (Lipinski definition) is 7. The number of aryl methyl sites for hydroxylation is 3. The maximum absolute atomic E-state index is 13.6. The fourth-order valence-corrected chi connectivity index (χ4v) is 6.18. The van der Waals surface area contributed by atoms with Crippen molar-refractivity contribution in [3.8, 4) is 0 Å². The molecule has 4 heterocycles. The average molecular weight is 494 g/mol. The minimum Gasteiger partial charge on any atom is -0.298 e. The lowest BCUT2D eigenvalue weighted by Crippen LogP contribution is -2.45. The van der Waals surface area contributed by atoms with Crippen LogP contribution >= 0.6 is 11.3 Å². The van der Waals surface area contributed by atoms with Crippen molar-refractivity contribution in [2.45, 2.75) is 70.9 Å². The molecule has 0 spiro atoms. The Hall–Kier alpha value is -2.91. The molecule has 0 aliphatic carbocycles. The van der Waals surface area contributed by atoms with Gasteiger partial charge in [-0.1, -0.05) is 25.0 Å². The zero-order valence-corrected chi connectivity index (χ0v) is 20.9. The summed E-state index contributed by atoms with van der Waals surface area (Å²) in [5, 5.41) is 3.96. The van der Waals surface area contributed by atoms with E-state index in [-0.39, 0.29) is 17.9 Å². The normalized spacial score (nSPS) is 19.6. The van der Waals surface area contributed by atoms with Crippen molar-refractivity contribution in [2.75, 3.05) is 13.1 Å². The third-order valence-corrected chi connectivity index (χ3v) is 8.04. The Morgan fingerprint density at radius 2 is 1.89 bits per heavy atom. The van der Waals surface area contributed by atoms with Crippen molar-refractivity contribution in [1.82, 2.24) is 24.8 Å². The number of imide groups is 1. The van der Waals surface area contributed by atoms with Gasteiger partial charge in [0.2, 0.25) is 11.8 Å². The molecule has 9 heteroatoms. The lowest BCUT2D eigenvalue weighted by molar-refractivity contribution is -0.135. The molecule has 1 unspecified atom stereocenters. The van der Waals surface area contributed by atoms with E-state index in [0.29, 0.717) is 29.6 Å². The molecule has 1 atom stereocenters. The summed E-state index contributed by atoms with van der Waals surface area (Å²) in [4.78, 5) is 50.8. The van der Waals surface area contributed by atoms with Crippen molar-refractivity contribution in [3.05, 3.63) is 56.0 Å². The number of rotatable bonds is 6. The van der Waals surface area contributed by atoms with Gasteiger partial charge in [0.15, 0.2) is 0 Å². The van der Waals surface area contributed by atoms with Gasteiger partial charge in [-0.15, -0.1) is 11.3 Å². The van der Waals surface area contributed by atoms with E-state index in [0.717, 1.165) is 36.6 Å². The molecule has 2 amide bonds. The molecule has 8 nitrogen and oxygen atoms in total. The van der Waals surface area contributed by atoms with Gasteiger partial charge in [0, 0.05) is 30.5 Å². The molecule has 1 aromatic carbocycles. The van der Waals surface area contributed by atoms with E-state index >= 15 is 0 Å². The average Bonchev–Trinajstić information content (AvgIpc) is 3.11. The van der Waals surface area contributed by atoms with E-state index in [9.17, 15) is 14.4 Å². The summed E-state index contributed by atoms with van der Waals surface area (Å²) >= 11 is 1.75. The molecule has 184 valence electrons. The summed E-state index contributed by atoms with van der Waals surface area (Å²) in [6.45, 7) is 5.02. The first-order chi connectivity index (χ1) is 17.0. The summed E-state index contributed by atoms with van der Waals surface area (Å²) in [5.41, 5.74) is 1.32. The fraction of sp³-hybridized carbons (Fsp3) is 0.500. The van der Waals surface area contributed by atoms with Gasteiger partial charge in [-0.2, -0.15) is 0 Å². The van der Waals surface area contributed by atoms with Gasteiger partial charge in [0.05, 0.1) is 15.9 Å². The van der Waals surface area contributed by atoms with Gasteiger partial charge in [-0.3, -0.25) is 29.2 Å². The molecule has 35 heavy (non-hydrogen) atoms. The van der Waals surface area contributed by atoms with Gasteiger partial charge in [0.1, 0.15) is 11.9 Å². The third-order valence-electron chi connectivity index (χ3n) is 7.00. The molecule has 0 radical (unpaired) electrons. The maximum atomic E-state index is 13.6. The van der Waals surface area contributed by atoms with Gasteiger partial charge >= 0.3 is 0 Å². The molecule has 0 saturated carbocycles. The minimum absolute atomic E-state index is 0.214. The quantitative estimate of drug-likeness (QED) is 0.529. The Morgan fingerprint density at radius 1 is 1.09 bits per heavy atom. The van der Waals surface area contributed by atoms with Gasteiger partial charge < -0.3 is 0 Å². The van der Waals surface area contributed by atoms with Crippen LogP contribution in [-0.4, -0.2) is 44.3 Å². The topological polar surface area (TPSA) is 97.2 Å². The van der Waals surface area contributed by atoms with Crippen LogP contribution in [-0.2, 0) is 29.0 Å². The number of carbonyl (C=O) groups is 2. The SMILES string of the molecule is Cc1nc2cccc(CCc3ncc(CN4CCCCCC4)s3)c2c(=O)n1C1CCC(=O)NC1=O. The highest BCUT2D eigenvalue weighted by molar-refractivity contribution is 7.11. The van der Waals surface area contributed by atoms with Crippen LogP contribution in [0.25, 0.3) is 10.9 Å². The van der Waals surface area contributed by atoms with E-state index < -0.39 is 11.9 Å². The highest BCUT2D eigenvalue weighted by Gasteiger charge is 2.30. The molecule has 2 aliphatic heterocycles. The second kappa shape index (κ2) is 10.4. The Morgan fingerprint density at radius 3 is 2.66 bits per heavy atom. The summed E-state index contributed by atoms with van der Waals surface area (Å²) in [6.07, 6.45) is 9.14. The maximum Gasteiger partial charge on any atom is 0.262 e. The molecular weight excluding hydrogens is 462 g/mol. The molecule has 2 saturated heterocycles. The van der Waals surface area contributed by atoms with Crippen LogP contribution in [0.3, 0.4) is 0 Å². The number of thiazole rings is 1. The van der Waals surface area contributed by atoms with Crippen molar-refractivity contribution < 1.29 is 9.59 Å². The lowest BCUT2D eigenvalue weighted by Gasteiger charge is -2.24. The van der Waals surface area contributed by atoms with Crippen LogP contribution in [0.5, 0.6) is 0 Å². The molecule has 2 aliphatic rings. The van der Waals surface area contributed by atoms with E-state index in [1.165, 1.54) is 35.1 Å². The largest absolute Gasteiger partial charge is 0.298 e. The monoisotopic (exact) mass is 493 g/mol. The minimum atomic E-state index is -0.717. The van der Waals surface area contributed by atoms with Crippen molar-refractivity contribution in [3.63, 3.8) is 0 Å². The smallest absolute Gasteiger partial charge is 0.262 e. The van der Waals surface area contributed by atoms with Crippen LogP contribution in [0, 0.1) is 6.92 Å². The number of likely N-dealkylation sites (tertiary alicyclic amines) is 1. The number of hydrogen-bond donors (Lipinski definition) is 1. The van der Waals surface area contributed by atoms with Crippen molar-refractivity contribution in [1.29, 1.82) is 0 Å². The first-order valence-electron chi connectivity index (χ1n) is 12.5. The summed E-state index contributed by atoms with van der Waals surface area (Å²) in [6, 6.07) is 5.00. The molecule has 1 N–H and O–H groups in total. The standard InChI is InChI=1S/C26H31N5O3S/c1-17-28-20-8-6-7-18(24(20)26(34)31(17)21-10-11-22(32)29-25(21)33)9-12-23-27-15-19(35-23)16-30-13-4-2-3-5-14-30/h6-8,15,21H,2-5,9-14,16H2,1H3,(H,29,32,33). The Balaban J connectivity index is 1.36. The number of carbonyl (C=O) groups excluding carboxylic acids is 2. The number of benzene rings is 1. The number of amides is 2. The molecular formula is C26H31N5O3S. The van der Waals surface area contributed by atoms with Crippen LogP contribution in [0.4, 0.5) is 0 Å². The summed E-state index contributed by atoms with van der Waals surface area (Å²) in [5.74, 6) is -0.262. The number of piperidine rings is 1. The summed E-state index contributed by atoms with van der Waals surface area (Å²) < 4.78 is 1.45. The van der Waals surface area contributed by atoms with E-state index in [2.05, 4.69) is 20.2 Å². The molecule has 5 rings (SSSR count). The van der Waals surface area contributed by atoms with Gasteiger partial charge in [0.25, 0.3) is 5.56 Å². The highest BCUT2D eigenvalue weighted by Crippen LogP contribution is 2.23. The number of nitrogens with one attached hydrogen (secondary N) is 1. The van der Waals surface area contributed by atoms with Crippen LogP contribution in [0.15, 0.2) is 29.2 Å². The van der Waals surface area contributed by atoms with Crippen LogP contribution in [0.2, 0.25) is 0 Å². The zero-order valence-electron chi connectivity index (χ0n) is 20.1. The summed E-state index contributed by atoms with van der Waals surface area (Å²) in [7, 11) is 0. The highest BCUT2D eigenvalue weighted by atomic mass is 32.1. The van der Waals surface area contributed by atoms with E-state index in [1.54, 1.807) is 18.3 Å². The van der Waals surface area contributed by atoms with Crippen LogP contribution in [0.1, 0.15) is 65.8 Å². The second-order valence-electron chi connectivity index (χ2n) is 9.52. The first-order valence-corrected chi connectivity index (χ1v) is 13.3. The number of nitrogens with zero attached hydrogens (tertiary/aromatic N) is 4. The predicted octanol–water partition coefficient (Wildman–Crippen LogP) is 3.30. The zero-order chi connectivity index (χ0) is 24.4. The van der Waals surface area contributed by atoms with E-state index in [4.69, 9.17) is 0 Å². The number of fused-ring (bicyclic) bond motifs is 1. The molecule has 3 aromatic rings. The second-order valence-corrected chi connectivity index (χ2v) is 10.7. The van der Waals surface area contributed by atoms with Crippen molar-refractivity contribution >= 4 is 34.1 Å². The van der Waals surface area contributed by atoms with Crippen molar-refractivity contribution in [2.24, 2.45) is 0 Å². The Kier molecular flexibility index (Phi) is 7.06. The lowest BCUT2D eigenvalue weighted by atomic mass is 10.0. The Bertz CT molecular complexity index is 1310. The van der Waals surface area contributed by atoms with Gasteiger partial charge in [-0.05, 0) is 57.3 Å². The number of aromatic nitrogens is 3. The first kappa shape index (κ1) is 23.8. The molecule has 0 bridgehead atoms. The van der Waals surface area contributed by atoms with Gasteiger partial charge in [-0.25, -0.2) is 9.97 Å². The third kappa shape index (κ3) is 5.21. The predicted molar refractivity (Wildman–Crippen MR) is 135 cm³/mol. The Labute approximate surface area is 208 Å². The molecule has 2 fully saturated rings. The van der Waals surface area contributed by atoms with E-state index in [1.807, 2.05) is 24.4 Å². The van der Waals surface area contributed by atoms with Crippen LogP contribution < -0.4 is 10.9 Å².